The van der Waals surface area contributed by atoms with Crippen LogP contribution in [0.15, 0.2) is 42.5 Å². The van der Waals surface area contributed by atoms with Gasteiger partial charge in [0.1, 0.15) is 11.6 Å². The van der Waals surface area contributed by atoms with Gasteiger partial charge in [0.25, 0.3) is 5.91 Å². The second-order valence-electron chi connectivity index (χ2n) is 3.91. The van der Waals surface area contributed by atoms with Crippen LogP contribution in [0, 0.1) is 5.82 Å². The number of phenols is 1. The Balaban J connectivity index is 2.26. The maximum Gasteiger partial charge on any atom is 0.259 e. The van der Waals surface area contributed by atoms with Crippen molar-refractivity contribution in [3.63, 3.8) is 0 Å². The van der Waals surface area contributed by atoms with Crippen molar-refractivity contribution in [2.24, 2.45) is 0 Å². The third kappa shape index (κ3) is 3.03. The Morgan fingerprint density at radius 1 is 1.26 bits per heavy atom. The van der Waals surface area contributed by atoms with Crippen LogP contribution in [-0.2, 0) is 5.88 Å². The lowest BCUT2D eigenvalue weighted by Gasteiger charge is -2.10. The Morgan fingerprint density at radius 2 is 2.00 bits per heavy atom. The minimum absolute atomic E-state index is 0.00535. The van der Waals surface area contributed by atoms with Gasteiger partial charge in [-0.2, -0.15) is 0 Å². The lowest BCUT2D eigenvalue weighted by molar-refractivity contribution is 0.102. The lowest BCUT2D eigenvalue weighted by Crippen LogP contribution is -2.13. The summed E-state index contributed by atoms with van der Waals surface area (Å²) < 4.78 is 12.8. The fourth-order valence-corrected chi connectivity index (χ4v) is 1.88. The molecule has 0 heterocycles. The molecule has 2 aromatic carbocycles. The zero-order valence-electron chi connectivity index (χ0n) is 9.86. The predicted octanol–water partition coefficient (Wildman–Crippen LogP) is 3.52. The summed E-state index contributed by atoms with van der Waals surface area (Å²) in [7, 11) is 0. The quantitative estimate of drug-likeness (QED) is 0.845. The van der Waals surface area contributed by atoms with Crippen LogP contribution in [0.4, 0.5) is 10.1 Å². The van der Waals surface area contributed by atoms with Gasteiger partial charge in [0.05, 0.1) is 5.56 Å². The highest BCUT2D eigenvalue weighted by molar-refractivity contribution is 6.17. The largest absolute Gasteiger partial charge is 0.507 e. The number of carbonyl (C=O) groups excluding carboxylic acids is 1. The van der Waals surface area contributed by atoms with Crippen LogP contribution in [0.3, 0.4) is 0 Å². The molecule has 0 fully saturated rings. The van der Waals surface area contributed by atoms with Crippen LogP contribution in [0.2, 0.25) is 0 Å². The number of hydrogen-bond acceptors (Lipinski definition) is 2. The highest BCUT2D eigenvalue weighted by Gasteiger charge is 2.13. The van der Waals surface area contributed by atoms with E-state index in [0.29, 0.717) is 5.69 Å². The monoisotopic (exact) mass is 279 g/mol. The van der Waals surface area contributed by atoms with Crippen LogP contribution < -0.4 is 5.32 Å². The number of rotatable bonds is 3. The normalized spacial score (nSPS) is 10.2. The average molecular weight is 280 g/mol. The van der Waals surface area contributed by atoms with Crippen molar-refractivity contribution in [2.45, 2.75) is 5.88 Å². The van der Waals surface area contributed by atoms with Crippen molar-refractivity contribution < 1.29 is 14.3 Å². The molecule has 2 N–H and O–H groups in total. The van der Waals surface area contributed by atoms with Crippen molar-refractivity contribution in [2.75, 3.05) is 5.32 Å². The first-order valence-corrected chi connectivity index (χ1v) is 6.09. The minimum atomic E-state index is -0.602. The number of halogens is 2. The molecular formula is C14H11ClFNO2. The van der Waals surface area contributed by atoms with Gasteiger partial charge in [-0.1, -0.05) is 18.2 Å². The van der Waals surface area contributed by atoms with E-state index in [4.69, 9.17) is 11.6 Å². The summed E-state index contributed by atoms with van der Waals surface area (Å²) in [4.78, 5) is 12.0. The second-order valence-corrected chi connectivity index (χ2v) is 4.17. The average Bonchev–Trinajstić information content (AvgIpc) is 2.39. The molecule has 0 aromatic heterocycles. The topological polar surface area (TPSA) is 49.3 Å². The molecule has 98 valence electrons. The molecule has 0 atom stereocenters. The van der Waals surface area contributed by atoms with E-state index in [0.717, 1.165) is 17.7 Å². The van der Waals surface area contributed by atoms with Crippen molar-refractivity contribution in [3.8, 4) is 5.75 Å². The molecule has 0 aliphatic carbocycles. The van der Waals surface area contributed by atoms with Gasteiger partial charge in [-0.05, 0) is 23.8 Å². The molecule has 0 bridgehead atoms. The number of nitrogens with one attached hydrogen (secondary N) is 1. The SMILES string of the molecule is O=C(Nc1ccccc1CCl)c1ccc(F)cc1O. The Labute approximate surface area is 114 Å². The Kier molecular flexibility index (Phi) is 4.02. The summed E-state index contributed by atoms with van der Waals surface area (Å²) in [6.07, 6.45) is 0. The molecule has 2 aromatic rings. The Hall–Kier alpha value is -2.07. The van der Waals surface area contributed by atoms with E-state index in [2.05, 4.69) is 5.32 Å². The molecule has 0 aliphatic heterocycles. The first-order valence-electron chi connectivity index (χ1n) is 5.55. The van der Waals surface area contributed by atoms with E-state index in [9.17, 15) is 14.3 Å². The smallest absolute Gasteiger partial charge is 0.259 e. The highest BCUT2D eigenvalue weighted by atomic mass is 35.5. The molecular weight excluding hydrogens is 269 g/mol. The molecule has 0 saturated carbocycles. The van der Waals surface area contributed by atoms with Crippen LogP contribution in [0.25, 0.3) is 0 Å². The summed E-state index contributed by atoms with van der Waals surface area (Å²) in [5.41, 5.74) is 1.33. The van der Waals surface area contributed by atoms with Gasteiger partial charge in [0, 0.05) is 17.6 Å². The number of amides is 1. The fraction of sp³-hybridized carbons (Fsp3) is 0.0714. The molecule has 5 heteroatoms. The molecule has 0 spiro atoms. The summed E-state index contributed by atoms with van der Waals surface area (Å²) in [5, 5.41) is 12.2. The molecule has 0 radical (unpaired) electrons. The molecule has 2 rings (SSSR count). The number of anilines is 1. The van der Waals surface area contributed by atoms with Crippen molar-refractivity contribution in [3.05, 3.63) is 59.4 Å². The minimum Gasteiger partial charge on any atom is -0.507 e. The third-order valence-electron chi connectivity index (χ3n) is 2.61. The van der Waals surface area contributed by atoms with Gasteiger partial charge in [0.15, 0.2) is 0 Å². The van der Waals surface area contributed by atoms with Gasteiger partial charge in [-0.25, -0.2) is 4.39 Å². The van der Waals surface area contributed by atoms with Gasteiger partial charge >= 0.3 is 0 Å². The maximum absolute atomic E-state index is 12.8. The van der Waals surface area contributed by atoms with E-state index < -0.39 is 17.5 Å². The van der Waals surface area contributed by atoms with Gasteiger partial charge in [0.2, 0.25) is 0 Å². The zero-order chi connectivity index (χ0) is 13.8. The van der Waals surface area contributed by atoms with Crippen molar-refractivity contribution >= 4 is 23.2 Å². The van der Waals surface area contributed by atoms with Gasteiger partial charge in [-0.15, -0.1) is 11.6 Å². The molecule has 0 saturated heterocycles. The van der Waals surface area contributed by atoms with Crippen molar-refractivity contribution in [1.82, 2.24) is 0 Å². The van der Waals surface area contributed by atoms with E-state index in [1.165, 1.54) is 6.07 Å². The summed E-state index contributed by atoms with van der Waals surface area (Å²) in [5.74, 6) is -1.27. The van der Waals surface area contributed by atoms with E-state index in [1.54, 1.807) is 18.2 Å². The fourth-order valence-electron chi connectivity index (χ4n) is 1.65. The molecule has 0 unspecified atom stereocenters. The lowest BCUT2D eigenvalue weighted by atomic mass is 10.1. The van der Waals surface area contributed by atoms with Crippen molar-refractivity contribution in [1.29, 1.82) is 0 Å². The molecule has 1 amide bonds. The van der Waals surface area contributed by atoms with Crippen LogP contribution >= 0.6 is 11.6 Å². The molecule has 3 nitrogen and oxygen atoms in total. The first kappa shape index (κ1) is 13.4. The van der Waals surface area contributed by atoms with E-state index in [-0.39, 0.29) is 11.4 Å². The zero-order valence-corrected chi connectivity index (χ0v) is 10.6. The number of carbonyl (C=O) groups is 1. The number of aromatic hydroxyl groups is 1. The summed E-state index contributed by atoms with van der Waals surface area (Å²) >= 11 is 5.76. The van der Waals surface area contributed by atoms with Crippen LogP contribution in [0.5, 0.6) is 5.75 Å². The van der Waals surface area contributed by atoms with Crippen LogP contribution in [-0.4, -0.2) is 11.0 Å². The number of benzene rings is 2. The highest BCUT2D eigenvalue weighted by Crippen LogP contribution is 2.22. The first-order chi connectivity index (χ1) is 9.11. The molecule has 0 aliphatic rings. The summed E-state index contributed by atoms with van der Waals surface area (Å²) in [6, 6.07) is 10.3. The third-order valence-corrected chi connectivity index (χ3v) is 2.90. The van der Waals surface area contributed by atoms with E-state index in [1.807, 2.05) is 6.07 Å². The van der Waals surface area contributed by atoms with Gasteiger partial charge < -0.3 is 10.4 Å². The molecule has 19 heavy (non-hydrogen) atoms. The van der Waals surface area contributed by atoms with Crippen LogP contribution in [0.1, 0.15) is 15.9 Å². The predicted molar refractivity (Wildman–Crippen MR) is 72.0 cm³/mol. The second kappa shape index (κ2) is 5.71. The Bertz CT molecular complexity index is 616. The number of para-hydroxylation sites is 1. The summed E-state index contributed by atoms with van der Waals surface area (Å²) in [6.45, 7) is 0. The van der Waals surface area contributed by atoms with Gasteiger partial charge in [-0.3, -0.25) is 4.79 Å². The number of alkyl halides is 1. The number of phenolic OH excluding ortho intramolecular Hbond substituents is 1. The maximum atomic E-state index is 12.8. The standard InChI is InChI=1S/C14H11ClFNO2/c15-8-9-3-1-2-4-12(9)17-14(19)11-6-5-10(16)7-13(11)18/h1-7,18H,8H2,(H,17,19). The Morgan fingerprint density at radius 3 is 2.68 bits per heavy atom. The van der Waals surface area contributed by atoms with E-state index >= 15 is 0 Å². The number of hydrogen-bond donors (Lipinski definition) is 2.